The third-order valence-electron chi connectivity index (χ3n) is 2.79. The highest BCUT2D eigenvalue weighted by Gasteiger charge is 2.22. The number of rotatable bonds is 7. The second-order valence-electron chi connectivity index (χ2n) is 4.26. The lowest BCUT2D eigenvalue weighted by molar-refractivity contribution is 0.229. The van der Waals surface area contributed by atoms with Crippen LogP contribution in [0, 0.1) is 0 Å². The predicted molar refractivity (Wildman–Crippen MR) is 80.0 cm³/mol. The van der Waals surface area contributed by atoms with Gasteiger partial charge in [0.25, 0.3) is 0 Å². The molecule has 0 saturated heterocycles. The van der Waals surface area contributed by atoms with Crippen LogP contribution < -0.4 is 10.1 Å². The van der Waals surface area contributed by atoms with Crippen LogP contribution in [0.15, 0.2) is 30.9 Å². The predicted octanol–water partition coefficient (Wildman–Crippen LogP) is 3.15. The Hall–Kier alpha value is -0.640. The van der Waals surface area contributed by atoms with Crippen LogP contribution in [-0.2, 0) is 6.42 Å². The lowest BCUT2D eigenvalue weighted by Crippen LogP contribution is -2.31. The van der Waals surface area contributed by atoms with Crippen LogP contribution in [0.25, 0.3) is 0 Å². The molecule has 2 nitrogen and oxygen atoms in total. The molecule has 98 valence electrons. The molecule has 0 amide bonds. The largest absolute Gasteiger partial charge is 0.488 e. The van der Waals surface area contributed by atoms with Crippen molar-refractivity contribution >= 4 is 23.4 Å². The highest BCUT2D eigenvalue weighted by atomic mass is 35.5. The number of hydrogen-bond donors (Lipinski definition) is 1. The summed E-state index contributed by atoms with van der Waals surface area (Å²) in [6.45, 7) is 5.60. The first-order chi connectivity index (χ1) is 8.79. The summed E-state index contributed by atoms with van der Waals surface area (Å²) in [5.74, 6) is 3.11. The van der Waals surface area contributed by atoms with Gasteiger partial charge in [-0.15, -0.1) is 6.58 Å². The number of thioether (sulfide) groups is 1. The zero-order chi connectivity index (χ0) is 12.8. The summed E-state index contributed by atoms with van der Waals surface area (Å²) in [5.41, 5.74) is 1.22. The van der Waals surface area contributed by atoms with Crippen molar-refractivity contribution < 1.29 is 4.74 Å². The average Bonchev–Trinajstić information content (AvgIpc) is 2.75. The molecule has 4 heteroatoms. The van der Waals surface area contributed by atoms with Crippen molar-refractivity contribution in [1.82, 2.24) is 5.32 Å². The number of halogens is 1. The molecule has 0 bridgehead atoms. The molecule has 1 aliphatic rings. The van der Waals surface area contributed by atoms with Gasteiger partial charge in [-0.3, -0.25) is 0 Å². The van der Waals surface area contributed by atoms with Crippen molar-refractivity contribution in [3.63, 3.8) is 0 Å². The summed E-state index contributed by atoms with van der Waals surface area (Å²) in [4.78, 5) is 0. The van der Waals surface area contributed by atoms with E-state index in [1.165, 1.54) is 5.56 Å². The molecule has 0 aliphatic carbocycles. The van der Waals surface area contributed by atoms with Crippen LogP contribution in [0.5, 0.6) is 5.75 Å². The van der Waals surface area contributed by atoms with E-state index in [1.807, 2.05) is 36.0 Å². The van der Waals surface area contributed by atoms with Gasteiger partial charge in [-0.2, -0.15) is 11.8 Å². The number of ether oxygens (including phenoxy) is 1. The van der Waals surface area contributed by atoms with Crippen LogP contribution >= 0.6 is 23.4 Å². The molecule has 1 aromatic rings. The van der Waals surface area contributed by atoms with Crippen molar-refractivity contribution in [3.05, 3.63) is 41.4 Å². The van der Waals surface area contributed by atoms with Gasteiger partial charge >= 0.3 is 0 Å². The maximum absolute atomic E-state index is 5.96. The fourth-order valence-corrected chi connectivity index (χ4v) is 2.79. The molecule has 1 atom stereocenters. The molecular formula is C14H18ClNOS. The molecule has 0 aromatic heterocycles. The van der Waals surface area contributed by atoms with Crippen LogP contribution in [-0.4, -0.2) is 30.7 Å². The van der Waals surface area contributed by atoms with Crippen molar-refractivity contribution in [2.45, 2.75) is 12.5 Å². The molecule has 1 heterocycles. The van der Waals surface area contributed by atoms with E-state index < -0.39 is 0 Å². The second-order valence-corrected chi connectivity index (χ2v) is 5.85. The zero-order valence-corrected chi connectivity index (χ0v) is 11.9. The van der Waals surface area contributed by atoms with E-state index in [4.69, 9.17) is 16.3 Å². The van der Waals surface area contributed by atoms with Gasteiger partial charge in [0.05, 0.1) is 0 Å². The Morgan fingerprint density at radius 3 is 3.28 bits per heavy atom. The Bertz CT molecular complexity index is 411. The molecule has 1 unspecified atom stereocenters. The lowest BCUT2D eigenvalue weighted by atomic mass is 10.1. The fourth-order valence-electron chi connectivity index (χ4n) is 1.98. The lowest BCUT2D eigenvalue weighted by Gasteiger charge is -2.11. The number of fused-ring (bicyclic) bond motifs is 1. The molecular weight excluding hydrogens is 266 g/mol. The quantitative estimate of drug-likeness (QED) is 0.614. The van der Waals surface area contributed by atoms with E-state index >= 15 is 0 Å². The highest BCUT2D eigenvalue weighted by Crippen LogP contribution is 2.30. The van der Waals surface area contributed by atoms with E-state index in [-0.39, 0.29) is 6.10 Å². The Labute approximate surface area is 118 Å². The normalized spacial score (nSPS) is 17.3. The van der Waals surface area contributed by atoms with Crippen molar-refractivity contribution in [1.29, 1.82) is 0 Å². The summed E-state index contributed by atoms with van der Waals surface area (Å²) in [7, 11) is 0. The maximum atomic E-state index is 5.96. The van der Waals surface area contributed by atoms with Gasteiger partial charge in [-0.05, 0) is 23.8 Å². The third kappa shape index (κ3) is 3.94. The smallest absolute Gasteiger partial charge is 0.123 e. The van der Waals surface area contributed by atoms with Gasteiger partial charge in [0.1, 0.15) is 11.9 Å². The van der Waals surface area contributed by atoms with Gasteiger partial charge in [0.15, 0.2) is 0 Å². The summed E-state index contributed by atoms with van der Waals surface area (Å²) in [5, 5.41) is 4.21. The number of hydrogen-bond acceptors (Lipinski definition) is 3. The standard InChI is InChI=1S/C14H18ClNOS/c1-2-6-18-7-5-16-10-13-9-11-8-12(15)3-4-14(11)17-13/h2-4,8,13,16H,1,5-7,9-10H2. The fraction of sp³-hybridized carbons (Fsp3) is 0.429. The summed E-state index contributed by atoms with van der Waals surface area (Å²) in [6.07, 6.45) is 3.12. The van der Waals surface area contributed by atoms with Gasteiger partial charge in [-0.1, -0.05) is 17.7 Å². The molecule has 1 aliphatic heterocycles. The number of benzene rings is 1. The van der Waals surface area contributed by atoms with Crippen LogP contribution in [0.3, 0.4) is 0 Å². The minimum atomic E-state index is 0.239. The Morgan fingerprint density at radius 2 is 2.44 bits per heavy atom. The van der Waals surface area contributed by atoms with Gasteiger partial charge in [0.2, 0.25) is 0 Å². The zero-order valence-electron chi connectivity index (χ0n) is 10.3. The number of nitrogens with one attached hydrogen (secondary N) is 1. The van der Waals surface area contributed by atoms with Crippen LogP contribution in [0.1, 0.15) is 5.56 Å². The first-order valence-corrected chi connectivity index (χ1v) is 7.67. The Balaban J connectivity index is 1.67. The minimum absolute atomic E-state index is 0.239. The molecule has 0 spiro atoms. The Kier molecular flexibility index (Phi) is 5.42. The summed E-state index contributed by atoms with van der Waals surface area (Å²) >= 11 is 7.85. The van der Waals surface area contributed by atoms with Crippen molar-refractivity contribution in [2.24, 2.45) is 0 Å². The SMILES string of the molecule is C=CCSCCNCC1Cc2cc(Cl)ccc2O1. The molecule has 1 N–H and O–H groups in total. The molecule has 2 rings (SSSR count). The maximum Gasteiger partial charge on any atom is 0.123 e. The monoisotopic (exact) mass is 283 g/mol. The average molecular weight is 284 g/mol. The van der Waals surface area contributed by atoms with Crippen LogP contribution in [0.4, 0.5) is 0 Å². The van der Waals surface area contributed by atoms with E-state index in [1.54, 1.807) is 0 Å². The molecule has 18 heavy (non-hydrogen) atoms. The third-order valence-corrected chi connectivity index (χ3v) is 3.99. The van der Waals surface area contributed by atoms with Gasteiger partial charge < -0.3 is 10.1 Å². The van der Waals surface area contributed by atoms with E-state index in [0.717, 1.165) is 41.8 Å². The molecule has 0 saturated carbocycles. The van der Waals surface area contributed by atoms with E-state index in [0.29, 0.717) is 0 Å². The minimum Gasteiger partial charge on any atom is -0.488 e. The first-order valence-electron chi connectivity index (χ1n) is 6.14. The molecule has 1 aromatic carbocycles. The van der Waals surface area contributed by atoms with E-state index in [2.05, 4.69) is 11.9 Å². The Morgan fingerprint density at radius 1 is 1.56 bits per heavy atom. The topological polar surface area (TPSA) is 21.3 Å². The highest BCUT2D eigenvalue weighted by molar-refractivity contribution is 7.99. The van der Waals surface area contributed by atoms with Crippen LogP contribution in [0.2, 0.25) is 5.02 Å². The van der Waals surface area contributed by atoms with Gasteiger partial charge in [0, 0.05) is 36.0 Å². The van der Waals surface area contributed by atoms with E-state index in [9.17, 15) is 0 Å². The first kappa shape index (κ1) is 13.8. The summed E-state index contributed by atoms with van der Waals surface area (Å²) in [6, 6.07) is 5.83. The second kappa shape index (κ2) is 7.07. The molecule has 0 fully saturated rings. The van der Waals surface area contributed by atoms with Crippen molar-refractivity contribution in [3.8, 4) is 5.75 Å². The van der Waals surface area contributed by atoms with Crippen molar-refractivity contribution in [2.75, 3.05) is 24.6 Å². The molecule has 0 radical (unpaired) electrons. The van der Waals surface area contributed by atoms with Gasteiger partial charge in [-0.25, -0.2) is 0 Å². The summed E-state index contributed by atoms with van der Waals surface area (Å²) < 4.78 is 5.85.